The lowest BCUT2D eigenvalue weighted by Crippen LogP contribution is -2.40. The summed E-state index contributed by atoms with van der Waals surface area (Å²) in [4.78, 5) is 7.38. The smallest absolute Gasteiger partial charge is 0.453 e. The quantitative estimate of drug-likeness (QED) is 0.192. The van der Waals surface area contributed by atoms with Gasteiger partial charge in [-0.2, -0.15) is 4.57 Å². The number of aliphatic imine (C=N–C) groups is 1. The maximum Gasteiger partial charge on any atom is 0.507 e. The molecule has 6 aromatic carbocycles. The highest BCUT2D eigenvalue weighted by Gasteiger charge is 2.52. The lowest BCUT2D eigenvalue weighted by molar-refractivity contribution is -0.657. The van der Waals surface area contributed by atoms with Gasteiger partial charge in [0.05, 0.1) is 22.4 Å². The van der Waals surface area contributed by atoms with Gasteiger partial charge in [-0.25, -0.2) is 0 Å². The van der Waals surface area contributed by atoms with Crippen LogP contribution in [0.3, 0.4) is 0 Å². The van der Waals surface area contributed by atoms with Gasteiger partial charge in [0.1, 0.15) is 0 Å². The first-order chi connectivity index (χ1) is 22.3. The van der Waals surface area contributed by atoms with Crippen LogP contribution < -0.4 is 14.2 Å². The third-order valence-electron chi connectivity index (χ3n) is 9.47. The van der Waals surface area contributed by atoms with Crippen molar-refractivity contribution in [3.63, 3.8) is 0 Å². The lowest BCUT2D eigenvalue weighted by atomic mass is 9.96. The van der Waals surface area contributed by atoms with Crippen LogP contribution in [0.1, 0.15) is 11.6 Å². The van der Waals surface area contributed by atoms with Crippen molar-refractivity contribution in [1.82, 2.24) is 4.57 Å². The number of oxazole rings is 1. The predicted molar refractivity (Wildman–Crippen MR) is 177 cm³/mol. The number of ether oxygens (including phenoxy) is 1. The van der Waals surface area contributed by atoms with Crippen LogP contribution in [0.5, 0.6) is 11.5 Å². The first-order valence-electron chi connectivity index (χ1n) is 15.2. The molecule has 3 aliphatic heterocycles. The minimum Gasteiger partial charge on any atom is -0.453 e. The molecular formula is C39H23N4O2+. The standard InChI is InChI=1S/C39H23N4O2/c1-2-10-24(11-3-1)41-31-22-23(18-19-27(31)36-38(41)40-39-43(36)30-15-7-9-17-33(30)45-39)25-20-21-34-37-35(25)26-12-4-5-13-28(26)42(37)29-14-6-8-16-32(29)44-34/h1-22,36H/q+1. The van der Waals surface area contributed by atoms with E-state index in [1.54, 1.807) is 0 Å². The minimum atomic E-state index is -0.0762. The fraction of sp³-hybridized carbons (Fsp3) is 0.0256. The summed E-state index contributed by atoms with van der Waals surface area (Å²) in [5.41, 5.74) is 10.9. The van der Waals surface area contributed by atoms with E-state index in [1.165, 1.54) is 27.4 Å². The zero-order valence-electron chi connectivity index (χ0n) is 23.9. The Balaban J connectivity index is 1.17. The van der Waals surface area contributed by atoms with Crippen molar-refractivity contribution in [2.24, 2.45) is 4.99 Å². The second kappa shape index (κ2) is 8.27. The van der Waals surface area contributed by atoms with E-state index in [4.69, 9.17) is 14.1 Å². The molecule has 5 heterocycles. The molecule has 0 bridgehead atoms. The summed E-state index contributed by atoms with van der Waals surface area (Å²) in [7, 11) is 0. The van der Waals surface area contributed by atoms with Crippen molar-refractivity contribution in [1.29, 1.82) is 0 Å². The summed E-state index contributed by atoms with van der Waals surface area (Å²) in [6.45, 7) is 0. The topological polar surface area (TPSA) is 46.8 Å². The third-order valence-corrected chi connectivity index (χ3v) is 9.47. The van der Waals surface area contributed by atoms with Crippen LogP contribution in [0, 0.1) is 0 Å². The largest absolute Gasteiger partial charge is 0.507 e. The Bertz CT molecular complexity index is 2590. The van der Waals surface area contributed by atoms with Crippen molar-refractivity contribution < 1.29 is 13.7 Å². The van der Waals surface area contributed by atoms with Crippen molar-refractivity contribution >= 4 is 56.1 Å². The number of anilines is 2. The molecule has 6 nitrogen and oxygen atoms in total. The van der Waals surface area contributed by atoms with E-state index >= 15 is 0 Å². The molecule has 1 unspecified atom stereocenters. The van der Waals surface area contributed by atoms with Crippen molar-refractivity contribution in [3.8, 4) is 28.3 Å². The third kappa shape index (κ3) is 2.93. The number of aromatic nitrogens is 2. The molecule has 0 aliphatic carbocycles. The molecule has 8 aromatic rings. The lowest BCUT2D eigenvalue weighted by Gasteiger charge is -2.21. The molecule has 3 aliphatic rings. The van der Waals surface area contributed by atoms with Crippen LogP contribution in [-0.4, -0.2) is 10.4 Å². The van der Waals surface area contributed by atoms with E-state index in [0.717, 1.165) is 56.6 Å². The van der Waals surface area contributed by atoms with E-state index in [-0.39, 0.29) is 6.04 Å². The van der Waals surface area contributed by atoms with E-state index in [9.17, 15) is 0 Å². The van der Waals surface area contributed by atoms with E-state index in [0.29, 0.717) is 6.01 Å². The van der Waals surface area contributed by atoms with Gasteiger partial charge >= 0.3 is 6.01 Å². The van der Waals surface area contributed by atoms with Crippen LogP contribution in [0.25, 0.3) is 49.7 Å². The van der Waals surface area contributed by atoms with Gasteiger partial charge in [0.2, 0.25) is 6.04 Å². The Morgan fingerprint density at radius 2 is 1.51 bits per heavy atom. The van der Waals surface area contributed by atoms with Gasteiger partial charge in [-0.1, -0.05) is 72.8 Å². The number of rotatable bonds is 2. The summed E-state index contributed by atoms with van der Waals surface area (Å²) in [6, 6.07) is 47.3. The monoisotopic (exact) mass is 579 g/mol. The highest BCUT2D eigenvalue weighted by molar-refractivity contribution is 6.19. The number of amidine groups is 1. The van der Waals surface area contributed by atoms with Gasteiger partial charge < -0.3 is 13.7 Å². The highest BCUT2D eigenvalue weighted by Crippen LogP contribution is 2.51. The highest BCUT2D eigenvalue weighted by atomic mass is 16.5. The van der Waals surface area contributed by atoms with E-state index in [1.807, 2.05) is 24.3 Å². The summed E-state index contributed by atoms with van der Waals surface area (Å²) in [6.07, 6.45) is 0. The van der Waals surface area contributed by atoms with Gasteiger partial charge in [-0.3, -0.25) is 4.90 Å². The normalized spacial score (nSPS) is 15.6. The van der Waals surface area contributed by atoms with Crippen molar-refractivity contribution in [3.05, 3.63) is 139 Å². The Labute approximate surface area is 257 Å². The second-order valence-corrected chi connectivity index (χ2v) is 11.8. The van der Waals surface area contributed by atoms with Gasteiger partial charge in [-0.15, -0.1) is 0 Å². The molecule has 45 heavy (non-hydrogen) atoms. The van der Waals surface area contributed by atoms with Gasteiger partial charge in [-0.05, 0) is 71.8 Å². The first kappa shape index (κ1) is 23.3. The zero-order chi connectivity index (χ0) is 29.2. The van der Waals surface area contributed by atoms with Crippen molar-refractivity contribution in [2.45, 2.75) is 6.04 Å². The molecule has 0 saturated heterocycles. The molecular weight excluding hydrogens is 556 g/mol. The number of para-hydroxylation sites is 6. The van der Waals surface area contributed by atoms with Gasteiger partial charge in [0.15, 0.2) is 22.6 Å². The molecule has 0 spiro atoms. The number of fused-ring (bicyclic) bond motifs is 12. The average Bonchev–Trinajstić information content (AvgIpc) is 3.82. The molecule has 0 N–H and O–H groups in total. The Morgan fingerprint density at radius 1 is 0.689 bits per heavy atom. The van der Waals surface area contributed by atoms with Gasteiger partial charge in [0, 0.05) is 27.0 Å². The molecule has 11 rings (SSSR count). The number of nitrogens with zero attached hydrogens (tertiary/aromatic N) is 4. The molecule has 6 heteroatoms. The van der Waals surface area contributed by atoms with Crippen LogP contribution >= 0.6 is 0 Å². The molecule has 0 fully saturated rings. The summed E-state index contributed by atoms with van der Waals surface area (Å²) in [5, 5.41) is 2.40. The Hall–Kier alpha value is -6.14. The Kier molecular flexibility index (Phi) is 4.29. The zero-order valence-corrected chi connectivity index (χ0v) is 23.9. The van der Waals surface area contributed by atoms with E-state index < -0.39 is 0 Å². The summed E-state index contributed by atoms with van der Waals surface area (Å²) in [5.74, 6) is 2.69. The molecule has 1 atom stereocenters. The minimum absolute atomic E-state index is 0.0762. The molecule has 0 radical (unpaired) electrons. The van der Waals surface area contributed by atoms with Gasteiger partial charge in [0.25, 0.3) is 5.84 Å². The predicted octanol–water partition coefficient (Wildman–Crippen LogP) is 9.37. The second-order valence-electron chi connectivity index (χ2n) is 11.8. The fourth-order valence-corrected chi connectivity index (χ4v) is 7.64. The number of hydrogen-bond donors (Lipinski definition) is 0. The molecule has 0 amide bonds. The number of hydrogen-bond acceptors (Lipinski definition) is 4. The molecule has 2 aromatic heterocycles. The summed E-state index contributed by atoms with van der Waals surface area (Å²) >= 11 is 0. The van der Waals surface area contributed by atoms with Crippen LogP contribution in [-0.2, 0) is 0 Å². The van der Waals surface area contributed by atoms with Crippen LogP contribution in [0.4, 0.5) is 17.4 Å². The number of benzene rings is 6. The fourth-order valence-electron chi connectivity index (χ4n) is 7.64. The molecule has 0 saturated carbocycles. The SMILES string of the molecule is c1ccc(N2C3=Nc4oc5ccccc5[n+]4C3c3ccc(-c4ccc5c6c4c4ccccc4n6-c4ccccc4O5)cc32)cc1. The summed E-state index contributed by atoms with van der Waals surface area (Å²) < 4.78 is 17.3. The maximum absolute atomic E-state index is 6.47. The Morgan fingerprint density at radius 3 is 2.47 bits per heavy atom. The van der Waals surface area contributed by atoms with Crippen molar-refractivity contribution in [2.75, 3.05) is 4.90 Å². The molecule has 210 valence electrons. The first-order valence-corrected chi connectivity index (χ1v) is 15.2. The van der Waals surface area contributed by atoms with E-state index in [2.05, 4.69) is 123 Å². The average molecular weight is 580 g/mol. The van der Waals surface area contributed by atoms with Crippen LogP contribution in [0.2, 0.25) is 0 Å². The van der Waals surface area contributed by atoms with Crippen LogP contribution in [0.15, 0.2) is 143 Å². The maximum atomic E-state index is 6.47.